The summed E-state index contributed by atoms with van der Waals surface area (Å²) >= 11 is 4.07. The predicted octanol–water partition coefficient (Wildman–Crippen LogP) is 5.28. The van der Waals surface area contributed by atoms with Crippen molar-refractivity contribution >= 4 is 23.5 Å². The maximum absolute atomic E-state index is 2.33. The largest absolute Gasteiger partial charge is 0.148 e. The van der Waals surface area contributed by atoms with Crippen molar-refractivity contribution in [2.24, 2.45) is 0 Å². The van der Waals surface area contributed by atoms with Gasteiger partial charge in [-0.1, -0.05) is 48.5 Å². The van der Waals surface area contributed by atoms with E-state index in [-0.39, 0.29) is 0 Å². The van der Waals surface area contributed by atoms with Crippen LogP contribution in [0.25, 0.3) is 11.1 Å². The van der Waals surface area contributed by atoms with Crippen molar-refractivity contribution in [2.75, 3.05) is 11.5 Å². The molecule has 0 N–H and O–H groups in total. The minimum Gasteiger partial charge on any atom is -0.148 e. The number of hydrogen-bond acceptors (Lipinski definition) is 2. The Kier molecular flexibility index (Phi) is 2.77. The summed E-state index contributed by atoms with van der Waals surface area (Å²) in [4.78, 5) is 0. The number of benzene rings is 2. The lowest BCUT2D eigenvalue weighted by molar-refractivity contribution is 0.886. The highest BCUT2D eigenvalue weighted by Gasteiger charge is 2.40. The van der Waals surface area contributed by atoms with Gasteiger partial charge >= 0.3 is 0 Å². The van der Waals surface area contributed by atoms with E-state index in [0.29, 0.717) is 9.49 Å². The average molecular weight is 298 g/mol. The molecule has 2 fully saturated rings. The Balaban J connectivity index is 1.60. The third kappa shape index (κ3) is 2.19. The maximum atomic E-state index is 2.33. The van der Waals surface area contributed by atoms with Crippen LogP contribution in [0.4, 0.5) is 0 Å². The molecule has 2 aliphatic heterocycles. The first-order chi connectivity index (χ1) is 9.59. The summed E-state index contributed by atoms with van der Waals surface area (Å²) in [7, 11) is 0. The zero-order valence-corrected chi connectivity index (χ0v) is 13.5. The molecule has 20 heavy (non-hydrogen) atoms. The minimum absolute atomic E-state index is 0.389. The topological polar surface area (TPSA) is 0 Å². The lowest BCUT2D eigenvalue weighted by Gasteiger charge is -2.10. The first-order valence-electron chi connectivity index (χ1n) is 7.09. The normalized spacial score (nSPS) is 31.1. The van der Waals surface area contributed by atoms with E-state index in [2.05, 4.69) is 62.4 Å². The van der Waals surface area contributed by atoms with Crippen LogP contribution in [0, 0.1) is 0 Å². The van der Waals surface area contributed by atoms with Gasteiger partial charge in [0, 0.05) is 21.0 Å². The molecule has 2 heteroatoms. The molecule has 0 spiro atoms. The molecular weight excluding hydrogens is 280 g/mol. The van der Waals surface area contributed by atoms with Gasteiger partial charge < -0.3 is 0 Å². The quantitative estimate of drug-likeness (QED) is 0.707. The summed E-state index contributed by atoms with van der Waals surface area (Å²) in [6, 6.07) is 18.2. The van der Waals surface area contributed by atoms with Crippen LogP contribution >= 0.6 is 23.5 Å². The Morgan fingerprint density at radius 3 is 1.20 bits per heavy atom. The molecule has 0 radical (unpaired) electrons. The first kappa shape index (κ1) is 12.8. The van der Waals surface area contributed by atoms with E-state index in [1.54, 1.807) is 0 Å². The van der Waals surface area contributed by atoms with Crippen molar-refractivity contribution in [3.05, 3.63) is 59.7 Å². The van der Waals surface area contributed by atoms with Gasteiger partial charge in [0.2, 0.25) is 0 Å². The van der Waals surface area contributed by atoms with Gasteiger partial charge in [0.15, 0.2) is 0 Å². The second kappa shape index (κ2) is 4.32. The van der Waals surface area contributed by atoms with E-state index in [0.717, 1.165) is 0 Å². The molecule has 2 aliphatic rings. The Morgan fingerprint density at radius 1 is 0.650 bits per heavy atom. The van der Waals surface area contributed by atoms with Gasteiger partial charge in [-0.25, -0.2) is 0 Å². The van der Waals surface area contributed by atoms with Crippen molar-refractivity contribution in [3.8, 4) is 11.1 Å². The smallest absolute Gasteiger partial charge is 0.0471 e. The first-order valence-corrected chi connectivity index (χ1v) is 9.06. The molecule has 2 aromatic carbocycles. The zero-order valence-electron chi connectivity index (χ0n) is 11.8. The summed E-state index contributed by atoms with van der Waals surface area (Å²) in [5, 5.41) is 0. The summed E-state index contributed by atoms with van der Waals surface area (Å²) in [5.74, 6) is 2.52. The van der Waals surface area contributed by atoms with E-state index in [1.807, 2.05) is 23.5 Å². The molecule has 0 saturated carbocycles. The van der Waals surface area contributed by atoms with Gasteiger partial charge in [-0.2, -0.15) is 0 Å². The summed E-state index contributed by atoms with van der Waals surface area (Å²) in [5.41, 5.74) is 5.57. The molecule has 0 amide bonds. The Morgan fingerprint density at radius 2 is 0.950 bits per heavy atom. The van der Waals surface area contributed by atoms with Crippen molar-refractivity contribution in [3.63, 3.8) is 0 Å². The van der Waals surface area contributed by atoms with Gasteiger partial charge in [-0.05, 0) is 36.1 Å². The molecule has 2 unspecified atom stereocenters. The molecule has 2 aromatic rings. The highest BCUT2D eigenvalue weighted by atomic mass is 32.2. The molecule has 0 aromatic heterocycles. The van der Waals surface area contributed by atoms with Crippen LogP contribution < -0.4 is 0 Å². The van der Waals surface area contributed by atoms with E-state index < -0.39 is 0 Å². The van der Waals surface area contributed by atoms with Gasteiger partial charge in [0.25, 0.3) is 0 Å². The average Bonchev–Trinajstić information content (AvgIpc) is 3.40. The lowest BCUT2D eigenvalue weighted by atomic mass is 9.96. The molecule has 4 rings (SSSR count). The monoisotopic (exact) mass is 298 g/mol. The second-order valence-electron chi connectivity index (χ2n) is 6.19. The molecule has 2 atom stereocenters. The molecule has 102 valence electrons. The predicted molar refractivity (Wildman–Crippen MR) is 91.5 cm³/mol. The van der Waals surface area contributed by atoms with Crippen LogP contribution in [0.3, 0.4) is 0 Å². The van der Waals surface area contributed by atoms with E-state index >= 15 is 0 Å². The molecule has 2 saturated heterocycles. The van der Waals surface area contributed by atoms with Gasteiger partial charge in [0.05, 0.1) is 0 Å². The highest BCUT2D eigenvalue weighted by Crippen LogP contribution is 2.54. The maximum Gasteiger partial charge on any atom is 0.0471 e. The van der Waals surface area contributed by atoms with Crippen molar-refractivity contribution in [1.29, 1.82) is 0 Å². The third-order valence-corrected chi connectivity index (χ3v) is 7.26. The molecule has 0 nitrogen and oxygen atoms in total. The van der Waals surface area contributed by atoms with Gasteiger partial charge in [-0.3, -0.25) is 0 Å². The molecule has 2 heterocycles. The van der Waals surface area contributed by atoms with Crippen molar-refractivity contribution < 1.29 is 0 Å². The van der Waals surface area contributed by atoms with Crippen molar-refractivity contribution in [2.45, 2.75) is 23.3 Å². The number of rotatable bonds is 3. The lowest BCUT2D eigenvalue weighted by Crippen LogP contribution is -2.00. The second-order valence-corrected chi connectivity index (χ2v) is 9.15. The van der Waals surface area contributed by atoms with Crippen molar-refractivity contribution in [1.82, 2.24) is 0 Å². The zero-order chi connectivity index (χ0) is 13.8. The van der Waals surface area contributed by atoms with Gasteiger partial charge in [0.1, 0.15) is 0 Å². The Bertz CT molecular complexity index is 573. The van der Waals surface area contributed by atoms with E-state index in [1.165, 1.54) is 33.8 Å². The van der Waals surface area contributed by atoms with Crippen LogP contribution in [0.2, 0.25) is 0 Å². The molecular formula is C18H18S2. The molecule has 0 bridgehead atoms. The van der Waals surface area contributed by atoms with E-state index in [9.17, 15) is 0 Å². The summed E-state index contributed by atoms with van der Waals surface area (Å²) in [6.07, 6.45) is 0. The van der Waals surface area contributed by atoms with Crippen LogP contribution in [-0.4, -0.2) is 11.5 Å². The van der Waals surface area contributed by atoms with Crippen LogP contribution in [-0.2, 0) is 9.49 Å². The number of thioether (sulfide) groups is 2. The van der Waals surface area contributed by atoms with Crippen LogP contribution in [0.1, 0.15) is 25.0 Å². The highest BCUT2D eigenvalue weighted by molar-refractivity contribution is 8.07. The van der Waals surface area contributed by atoms with Gasteiger partial charge in [-0.15, -0.1) is 23.5 Å². The minimum atomic E-state index is 0.389. The fraction of sp³-hybridized carbons (Fsp3) is 0.333. The number of hydrogen-bond donors (Lipinski definition) is 0. The summed E-state index contributed by atoms with van der Waals surface area (Å²) < 4.78 is 0.778. The van der Waals surface area contributed by atoms with Crippen LogP contribution in [0.5, 0.6) is 0 Å². The standard InChI is InChI=1S/C18H18S2/c1-17(11-19-17)15-7-3-13(4-8-15)14-5-9-16(10-6-14)18(2)12-20-18/h3-10H,11-12H2,1-2H3. The van der Waals surface area contributed by atoms with E-state index in [4.69, 9.17) is 0 Å². The SMILES string of the molecule is CC1(c2ccc(-c3ccc(C4(C)CS4)cc3)cc2)CS1. The fourth-order valence-electron chi connectivity index (χ4n) is 2.58. The third-order valence-electron chi connectivity index (χ3n) is 4.48. The molecule has 0 aliphatic carbocycles. The Hall–Kier alpha value is -0.860. The van der Waals surface area contributed by atoms with Crippen LogP contribution in [0.15, 0.2) is 48.5 Å². The summed E-state index contributed by atoms with van der Waals surface area (Å²) in [6.45, 7) is 4.66. The fourth-order valence-corrected chi connectivity index (χ4v) is 3.95. The Labute approximate surface area is 129 Å².